The Morgan fingerprint density at radius 3 is 2.53 bits per heavy atom. The van der Waals surface area contributed by atoms with Crippen LogP contribution < -0.4 is 20.9 Å². The first kappa shape index (κ1) is 24.5. The Bertz CT molecular complexity index is 1410. The number of halogens is 2. The number of methoxy groups -OCH3 is 1. The van der Waals surface area contributed by atoms with E-state index in [-0.39, 0.29) is 35.7 Å². The fraction of sp³-hybridized carbons (Fsp3) is 0.208. The molecule has 0 aliphatic heterocycles. The molecule has 0 fully saturated rings. The van der Waals surface area contributed by atoms with Gasteiger partial charge in [-0.1, -0.05) is 24.3 Å². The van der Waals surface area contributed by atoms with Crippen LogP contribution in [0.1, 0.15) is 28.4 Å². The largest absolute Gasteiger partial charge is 0.494 e. The maximum atomic E-state index is 14.8. The van der Waals surface area contributed by atoms with Gasteiger partial charge in [-0.2, -0.15) is 4.39 Å². The Morgan fingerprint density at radius 2 is 1.89 bits per heavy atom. The Labute approximate surface area is 204 Å². The quantitative estimate of drug-likeness (QED) is 0.226. The highest BCUT2D eigenvalue weighted by Crippen LogP contribution is 2.35. The number of nitrogens with zero attached hydrogens (tertiary/aromatic N) is 4. The van der Waals surface area contributed by atoms with Crippen molar-refractivity contribution in [3.05, 3.63) is 93.7 Å². The van der Waals surface area contributed by atoms with Crippen LogP contribution in [0.5, 0.6) is 11.5 Å². The highest BCUT2D eigenvalue weighted by atomic mass is 19.1. The van der Waals surface area contributed by atoms with E-state index in [1.807, 2.05) is 0 Å². The standard InChI is InChI=1S/C24H23F2N7O3/c1-35-18-12-16(13-19(20(18)26)36-10-7-25)17(11-14-3-5-15(6-4-14)21(27)28)22-31-24(34)33(32-22)23-29-8-2-9-30-23/h2-6,8-9,12-13,17H,7,10-11H2,1H3,(H3,27,28)(H,31,32,34). The van der Waals surface area contributed by atoms with Gasteiger partial charge in [0.2, 0.25) is 5.82 Å². The van der Waals surface area contributed by atoms with E-state index in [9.17, 15) is 13.6 Å². The van der Waals surface area contributed by atoms with E-state index < -0.39 is 24.1 Å². The van der Waals surface area contributed by atoms with Gasteiger partial charge in [0.05, 0.1) is 7.11 Å². The second-order valence-electron chi connectivity index (χ2n) is 7.72. The molecule has 0 saturated carbocycles. The van der Waals surface area contributed by atoms with Gasteiger partial charge in [-0.15, -0.1) is 9.78 Å². The molecule has 1 atom stereocenters. The van der Waals surface area contributed by atoms with Crippen LogP contribution in [0.4, 0.5) is 8.78 Å². The van der Waals surface area contributed by atoms with E-state index in [4.69, 9.17) is 20.6 Å². The maximum absolute atomic E-state index is 14.8. The molecule has 1 unspecified atom stereocenters. The van der Waals surface area contributed by atoms with Crippen LogP contribution in [0.25, 0.3) is 5.95 Å². The van der Waals surface area contributed by atoms with Gasteiger partial charge in [0, 0.05) is 23.9 Å². The fourth-order valence-electron chi connectivity index (χ4n) is 3.66. The molecule has 4 rings (SSSR count). The SMILES string of the molecule is COc1cc(C(Cc2ccc(C(=N)N)cc2)c2nn(-c3ncccn3)c(=O)[nH]2)cc(OCCF)c1F. The number of aromatic amines is 1. The van der Waals surface area contributed by atoms with E-state index in [0.717, 1.165) is 10.2 Å². The van der Waals surface area contributed by atoms with Gasteiger partial charge in [0.15, 0.2) is 11.5 Å². The highest BCUT2D eigenvalue weighted by molar-refractivity contribution is 5.94. The zero-order valence-corrected chi connectivity index (χ0v) is 19.2. The lowest BCUT2D eigenvalue weighted by molar-refractivity contribution is 0.257. The monoisotopic (exact) mass is 495 g/mol. The van der Waals surface area contributed by atoms with Crippen LogP contribution in [0.3, 0.4) is 0 Å². The van der Waals surface area contributed by atoms with Gasteiger partial charge in [-0.3, -0.25) is 10.4 Å². The van der Waals surface area contributed by atoms with E-state index in [0.29, 0.717) is 17.5 Å². The van der Waals surface area contributed by atoms with Crippen molar-refractivity contribution in [1.82, 2.24) is 24.7 Å². The van der Waals surface area contributed by atoms with Crippen molar-refractivity contribution in [2.24, 2.45) is 5.73 Å². The topological polar surface area (TPSA) is 145 Å². The average molecular weight is 495 g/mol. The highest BCUT2D eigenvalue weighted by Gasteiger charge is 2.25. The molecule has 0 bridgehead atoms. The summed E-state index contributed by atoms with van der Waals surface area (Å²) in [6, 6.07) is 11.5. The minimum absolute atomic E-state index is 0.0676. The van der Waals surface area contributed by atoms with Gasteiger partial charge in [0.25, 0.3) is 5.95 Å². The van der Waals surface area contributed by atoms with Gasteiger partial charge < -0.3 is 15.2 Å². The second kappa shape index (κ2) is 10.8. The van der Waals surface area contributed by atoms with Crippen molar-refractivity contribution < 1.29 is 18.3 Å². The predicted octanol–water partition coefficient (Wildman–Crippen LogP) is 2.51. The van der Waals surface area contributed by atoms with Crippen LogP contribution in [-0.2, 0) is 6.42 Å². The normalized spacial score (nSPS) is 11.8. The summed E-state index contributed by atoms with van der Waals surface area (Å²) in [5.41, 5.74) is 6.88. The number of rotatable bonds is 10. The lowest BCUT2D eigenvalue weighted by Gasteiger charge is -2.18. The zero-order valence-electron chi connectivity index (χ0n) is 19.2. The van der Waals surface area contributed by atoms with Crippen molar-refractivity contribution >= 4 is 5.84 Å². The Balaban J connectivity index is 1.82. The molecule has 0 spiro atoms. The molecule has 36 heavy (non-hydrogen) atoms. The Kier molecular flexibility index (Phi) is 7.33. The molecule has 186 valence electrons. The molecule has 10 nitrogen and oxygen atoms in total. The number of hydrogen-bond acceptors (Lipinski definition) is 7. The molecule has 0 saturated heterocycles. The summed E-state index contributed by atoms with van der Waals surface area (Å²) < 4.78 is 39.0. The second-order valence-corrected chi connectivity index (χ2v) is 7.72. The number of aromatic nitrogens is 5. The van der Waals surface area contributed by atoms with E-state index >= 15 is 0 Å². The molecular weight excluding hydrogens is 472 g/mol. The molecule has 0 amide bonds. The third-order valence-corrected chi connectivity index (χ3v) is 5.40. The van der Waals surface area contributed by atoms with Crippen molar-refractivity contribution in [1.29, 1.82) is 5.41 Å². The summed E-state index contributed by atoms with van der Waals surface area (Å²) in [6.45, 7) is -1.13. The molecule has 0 aliphatic rings. The Hall–Kier alpha value is -4.61. The van der Waals surface area contributed by atoms with Crippen LogP contribution in [0.15, 0.2) is 59.7 Å². The van der Waals surface area contributed by atoms with Gasteiger partial charge in [0.1, 0.15) is 24.9 Å². The third kappa shape index (κ3) is 5.22. The molecule has 0 aliphatic carbocycles. The number of hydrogen-bond donors (Lipinski definition) is 3. The van der Waals surface area contributed by atoms with Crippen molar-refractivity contribution in [3.8, 4) is 17.4 Å². The van der Waals surface area contributed by atoms with Crippen LogP contribution >= 0.6 is 0 Å². The number of H-pyrrole nitrogens is 1. The first-order valence-electron chi connectivity index (χ1n) is 10.9. The summed E-state index contributed by atoms with van der Waals surface area (Å²) >= 11 is 0. The Morgan fingerprint density at radius 1 is 1.19 bits per heavy atom. The lowest BCUT2D eigenvalue weighted by atomic mass is 9.90. The predicted molar refractivity (Wildman–Crippen MR) is 127 cm³/mol. The molecular formula is C24H23F2N7O3. The molecule has 2 aromatic carbocycles. The molecule has 4 aromatic rings. The van der Waals surface area contributed by atoms with Crippen molar-refractivity contribution in [3.63, 3.8) is 0 Å². The van der Waals surface area contributed by atoms with Crippen molar-refractivity contribution in [2.75, 3.05) is 20.4 Å². The molecule has 2 heterocycles. The van der Waals surface area contributed by atoms with Gasteiger partial charge >= 0.3 is 5.69 Å². The summed E-state index contributed by atoms with van der Waals surface area (Å²) in [5, 5.41) is 12.0. The van der Waals surface area contributed by atoms with Crippen LogP contribution in [0, 0.1) is 11.2 Å². The first-order valence-corrected chi connectivity index (χ1v) is 10.9. The number of benzene rings is 2. The number of nitrogen functional groups attached to an aromatic ring is 1. The smallest absolute Gasteiger partial charge is 0.350 e. The number of nitrogens with two attached hydrogens (primary N) is 1. The lowest BCUT2D eigenvalue weighted by Crippen LogP contribution is -2.18. The first-order chi connectivity index (χ1) is 17.4. The van der Waals surface area contributed by atoms with Gasteiger partial charge in [-0.05, 0) is 35.7 Å². The van der Waals surface area contributed by atoms with E-state index in [1.54, 1.807) is 30.3 Å². The van der Waals surface area contributed by atoms with Crippen LogP contribution in [-0.4, -0.2) is 51.0 Å². The molecule has 0 radical (unpaired) electrons. The third-order valence-electron chi connectivity index (χ3n) is 5.40. The number of amidine groups is 1. The summed E-state index contributed by atoms with van der Waals surface area (Å²) in [5.74, 6) is -1.39. The number of alkyl halides is 1. The number of ether oxygens (including phenoxy) is 2. The zero-order chi connectivity index (χ0) is 25.7. The number of nitrogens with one attached hydrogen (secondary N) is 2. The maximum Gasteiger partial charge on any atom is 0.350 e. The van der Waals surface area contributed by atoms with E-state index in [2.05, 4.69) is 20.1 Å². The van der Waals surface area contributed by atoms with Crippen LogP contribution in [0.2, 0.25) is 0 Å². The van der Waals surface area contributed by atoms with E-state index in [1.165, 1.54) is 31.6 Å². The molecule has 4 N–H and O–H groups in total. The summed E-state index contributed by atoms with van der Waals surface area (Å²) in [6.07, 6.45) is 3.28. The average Bonchev–Trinajstić information content (AvgIpc) is 3.28. The molecule has 12 heteroatoms. The minimum Gasteiger partial charge on any atom is -0.494 e. The fourth-order valence-corrected chi connectivity index (χ4v) is 3.66. The van der Waals surface area contributed by atoms with Crippen molar-refractivity contribution in [2.45, 2.75) is 12.3 Å². The summed E-state index contributed by atoms with van der Waals surface area (Å²) in [7, 11) is 1.31. The summed E-state index contributed by atoms with van der Waals surface area (Å²) in [4.78, 5) is 23.6. The minimum atomic E-state index is -0.799. The van der Waals surface area contributed by atoms with Gasteiger partial charge in [-0.25, -0.2) is 19.2 Å². The molecule has 2 aromatic heterocycles.